The maximum atomic E-state index is 13.5. The second-order valence-corrected chi connectivity index (χ2v) is 10.8. The first-order valence-corrected chi connectivity index (χ1v) is 14.6. The Morgan fingerprint density at radius 3 is 2.16 bits per heavy atom. The number of carbonyl (C=O) groups excluding carboxylic acids is 3. The fraction of sp³-hybridized carbons (Fsp3) is 0.250. The summed E-state index contributed by atoms with van der Waals surface area (Å²) in [7, 11) is 1.33. The van der Waals surface area contributed by atoms with Crippen LogP contribution in [0.4, 0.5) is 15.8 Å². The number of ether oxygens (including phenoxy) is 2. The van der Waals surface area contributed by atoms with Crippen LogP contribution in [0.1, 0.15) is 41.8 Å². The van der Waals surface area contributed by atoms with Gasteiger partial charge in [-0.3, -0.25) is 9.59 Å². The van der Waals surface area contributed by atoms with Crippen molar-refractivity contribution in [3.63, 3.8) is 0 Å². The van der Waals surface area contributed by atoms with E-state index in [2.05, 4.69) is 5.32 Å². The van der Waals surface area contributed by atoms with Crippen LogP contribution in [0, 0.1) is 11.7 Å². The molecule has 1 unspecified atom stereocenters. The maximum Gasteiger partial charge on any atom is 0.328 e. The molecular formula is C36H37FN2O5. The number of nitrogens with zero attached hydrogens (tertiary/aromatic N) is 1. The Hall–Kier alpha value is -4.98. The first-order valence-electron chi connectivity index (χ1n) is 14.6. The van der Waals surface area contributed by atoms with Gasteiger partial charge in [0.2, 0.25) is 5.91 Å². The van der Waals surface area contributed by atoms with E-state index in [1.807, 2.05) is 44.2 Å². The number of nitrogens with one attached hydrogen (secondary N) is 1. The van der Waals surface area contributed by atoms with Crippen molar-refractivity contribution < 1.29 is 28.2 Å². The van der Waals surface area contributed by atoms with Gasteiger partial charge in [0.25, 0.3) is 0 Å². The molecule has 228 valence electrons. The van der Waals surface area contributed by atoms with E-state index in [-0.39, 0.29) is 30.0 Å². The van der Waals surface area contributed by atoms with E-state index in [1.54, 1.807) is 65.6 Å². The largest absolute Gasteiger partial charge is 0.492 e. The number of amides is 1. The first kappa shape index (κ1) is 31.9. The predicted octanol–water partition coefficient (Wildman–Crippen LogP) is 6.71. The maximum absolute atomic E-state index is 13.5. The molecule has 0 aromatic heterocycles. The summed E-state index contributed by atoms with van der Waals surface area (Å²) in [6.07, 6.45) is 0.676. The molecule has 0 bridgehead atoms. The van der Waals surface area contributed by atoms with Gasteiger partial charge in [-0.15, -0.1) is 0 Å². The van der Waals surface area contributed by atoms with Gasteiger partial charge in [-0.05, 0) is 60.0 Å². The number of hydrogen-bond donors (Lipinski definition) is 1. The predicted molar refractivity (Wildman–Crippen MR) is 170 cm³/mol. The summed E-state index contributed by atoms with van der Waals surface area (Å²) in [5.41, 5.74) is 3.01. The van der Waals surface area contributed by atoms with Crippen LogP contribution in [-0.2, 0) is 20.7 Å². The van der Waals surface area contributed by atoms with Crippen molar-refractivity contribution in [3.05, 3.63) is 126 Å². The highest BCUT2D eigenvalue weighted by molar-refractivity contribution is 6.12. The number of hydrogen-bond acceptors (Lipinski definition) is 6. The number of benzene rings is 4. The minimum absolute atomic E-state index is 0.0565. The normalized spacial score (nSPS) is 11.5. The van der Waals surface area contributed by atoms with Crippen LogP contribution in [-0.4, -0.2) is 44.0 Å². The lowest BCUT2D eigenvalue weighted by molar-refractivity contribution is -0.141. The highest BCUT2D eigenvalue weighted by Crippen LogP contribution is 2.23. The zero-order valence-corrected chi connectivity index (χ0v) is 25.2. The number of halogens is 1. The fourth-order valence-electron chi connectivity index (χ4n) is 4.77. The van der Waals surface area contributed by atoms with Gasteiger partial charge in [0.15, 0.2) is 5.78 Å². The molecule has 0 radical (unpaired) electrons. The molecule has 44 heavy (non-hydrogen) atoms. The summed E-state index contributed by atoms with van der Waals surface area (Å²) in [5.74, 6) is -0.248. The molecule has 1 N–H and O–H groups in total. The van der Waals surface area contributed by atoms with Crippen LogP contribution in [0.3, 0.4) is 0 Å². The monoisotopic (exact) mass is 596 g/mol. The lowest BCUT2D eigenvalue weighted by Gasteiger charge is -2.24. The molecule has 0 saturated carbocycles. The molecule has 0 spiro atoms. The van der Waals surface area contributed by atoms with E-state index in [1.165, 1.54) is 19.2 Å². The first-order chi connectivity index (χ1) is 21.2. The van der Waals surface area contributed by atoms with Gasteiger partial charge in [-0.1, -0.05) is 68.4 Å². The van der Waals surface area contributed by atoms with Gasteiger partial charge >= 0.3 is 5.97 Å². The minimum Gasteiger partial charge on any atom is -0.492 e. The third-order valence-corrected chi connectivity index (χ3v) is 6.99. The Balaban J connectivity index is 1.41. The zero-order valence-electron chi connectivity index (χ0n) is 25.2. The third kappa shape index (κ3) is 8.77. The number of esters is 1. The van der Waals surface area contributed by atoms with Crippen LogP contribution in [0.25, 0.3) is 0 Å². The van der Waals surface area contributed by atoms with Gasteiger partial charge in [-0.2, -0.15) is 0 Å². The Kier molecular flexibility index (Phi) is 11.2. The summed E-state index contributed by atoms with van der Waals surface area (Å²) in [6, 6.07) is 28.5. The topological polar surface area (TPSA) is 84.9 Å². The standard InChI is InChI=1S/C36H37FN2O5/c1-25(2)23-34(40)39(29-17-15-28(37)16-18-29)21-22-44-30-19-13-26(14-20-30)24-33(36(42)43-3)38-32-12-8-7-11-31(32)35(41)27-9-5-4-6-10-27/h4-20,25,33,38H,21-24H2,1-3H3. The summed E-state index contributed by atoms with van der Waals surface area (Å²) in [4.78, 5) is 40.4. The van der Waals surface area contributed by atoms with Crippen LogP contribution < -0.4 is 15.0 Å². The highest BCUT2D eigenvalue weighted by atomic mass is 19.1. The number of methoxy groups -OCH3 is 1. The van der Waals surface area contributed by atoms with E-state index < -0.39 is 12.0 Å². The number of ketones is 1. The molecule has 0 fully saturated rings. The molecular weight excluding hydrogens is 559 g/mol. The van der Waals surface area contributed by atoms with E-state index in [9.17, 15) is 18.8 Å². The molecule has 0 aliphatic carbocycles. The molecule has 7 nitrogen and oxygen atoms in total. The lowest BCUT2D eigenvalue weighted by atomic mass is 10.00. The average Bonchev–Trinajstić information content (AvgIpc) is 3.03. The van der Waals surface area contributed by atoms with Crippen molar-refractivity contribution in [2.24, 2.45) is 5.92 Å². The third-order valence-electron chi connectivity index (χ3n) is 6.99. The van der Waals surface area contributed by atoms with E-state index in [0.717, 1.165) is 5.56 Å². The molecule has 1 atom stereocenters. The molecule has 0 heterocycles. The highest BCUT2D eigenvalue weighted by Gasteiger charge is 2.23. The molecule has 0 aliphatic rings. The number of carbonyl (C=O) groups is 3. The lowest BCUT2D eigenvalue weighted by Crippen LogP contribution is -2.35. The SMILES string of the molecule is COC(=O)C(Cc1ccc(OCCN(C(=O)CC(C)C)c2ccc(F)cc2)cc1)Nc1ccccc1C(=O)c1ccccc1. The molecule has 1 amide bonds. The van der Waals surface area contributed by atoms with Crippen LogP contribution in [0.15, 0.2) is 103 Å². The van der Waals surface area contributed by atoms with Gasteiger partial charge in [-0.25, -0.2) is 9.18 Å². The van der Waals surface area contributed by atoms with Crippen molar-refractivity contribution >= 4 is 29.0 Å². The zero-order chi connectivity index (χ0) is 31.5. The van der Waals surface area contributed by atoms with E-state index in [0.29, 0.717) is 47.6 Å². The van der Waals surface area contributed by atoms with Crippen molar-refractivity contribution in [2.45, 2.75) is 32.7 Å². The minimum atomic E-state index is -0.743. The van der Waals surface area contributed by atoms with Crippen molar-refractivity contribution in [1.29, 1.82) is 0 Å². The van der Waals surface area contributed by atoms with E-state index in [4.69, 9.17) is 9.47 Å². The molecule has 0 saturated heterocycles. The summed E-state index contributed by atoms with van der Waals surface area (Å²) >= 11 is 0. The van der Waals surface area contributed by atoms with Crippen molar-refractivity contribution in [1.82, 2.24) is 0 Å². The number of para-hydroxylation sites is 1. The van der Waals surface area contributed by atoms with Crippen molar-refractivity contribution in [2.75, 3.05) is 30.5 Å². The second-order valence-electron chi connectivity index (χ2n) is 10.8. The number of rotatable bonds is 14. The quantitative estimate of drug-likeness (QED) is 0.129. The van der Waals surface area contributed by atoms with Crippen molar-refractivity contribution in [3.8, 4) is 5.75 Å². The van der Waals surface area contributed by atoms with Crippen LogP contribution in [0.5, 0.6) is 5.75 Å². The fourth-order valence-corrected chi connectivity index (χ4v) is 4.77. The molecule has 4 aromatic rings. The van der Waals surface area contributed by atoms with Crippen LogP contribution in [0.2, 0.25) is 0 Å². The summed E-state index contributed by atoms with van der Waals surface area (Å²) < 4.78 is 24.5. The Morgan fingerprint density at radius 2 is 1.50 bits per heavy atom. The Labute approximate surface area is 257 Å². The van der Waals surface area contributed by atoms with Gasteiger partial charge in [0.05, 0.1) is 13.7 Å². The van der Waals surface area contributed by atoms with Crippen LogP contribution >= 0.6 is 0 Å². The van der Waals surface area contributed by atoms with E-state index >= 15 is 0 Å². The smallest absolute Gasteiger partial charge is 0.328 e. The summed E-state index contributed by atoms with van der Waals surface area (Å²) in [5, 5.41) is 3.21. The van der Waals surface area contributed by atoms with Gasteiger partial charge in [0, 0.05) is 35.3 Å². The average molecular weight is 597 g/mol. The summed E-state index contributed by atoms with van der Waals surface area (Å²) in [6.45, 7) is 4.48. The molecule has 8 heteroatoms. The molecule has 4 aromatic carbocycles. The second kappa shape index (κ2) is 15.5. The van der Waals surface area contributed by atoms with Gasteiger partial charge in [0.1, 0.15) is 24.2 Å². The Morgan fingerprint density at radius 1 is 0.841 bits per heavy atom. The van der Waals surface area contributed by atoms with Gasteiger partial charge < -0.3 is 19.7 Å². The molecule has 4 rings (SSSR count). The molecule has 0 aliphatic heterocycles. The number of anilines is 2. The Bertz CT molecular complexity index is 1540.